The maximum absolute atomic E-state index is 10.6. The van der Waals surface area contributed by atoms with Crippen molar-refractivity contribution in [1.29, 1.82) is 0 Å². The average Bonchev–Trinajstić information content (AvgIpc) is 2.93. The second-order valence-corrected chi connectivity index (χ2v) is 7.76. The molecule has 2 rings (SSSR count). The second kappa shape index (κ2) is 8.43. The van der Waals surface area contributed by atoms with Gasteiger partial charge in [-0.2, -0.15) is 11.8 Å². The molecule has 2 heterocycles. The zero-order valence-electron chi connectivity index (χ0n) is 16.4. The molecule has 1 N–H and O–H groups in total. The van der Waals surface area contributed by atoms with Crippen molar-refractivity contribution in [3.05, 3.63) is 24.8 Å². The standard InChI is InChI=1S/C18H32N4O3S/c1-7-21-14(3)19(5)17-18(21,22(8-2)15(4)20(17)6)25-11-9-12-26-13-10-16(23)24/h17H,3-4,7-13H2,1-2,5-6H3,(H,23,24). The summed E-state index contributed by atoms with van der Waals surface area (Å²) >= 11 is 1.66. The lowest BCUT2D eigenvalue weighted by Gasteiger charge is -2.43. The first kappa shape index (κ1) is 20.8. The Morgan fingerprint density at radius 1 is 1.15 bits per heavy atom. The molecule has 0 atom stereocenters. The molecule has 0 aromatic heterocycles. The highest BCUT2D eigenvalue weighted by Crippen LogP contribution is 2.48. The van der Waals surface area contributed by atoms with Gasteiger partial charge in [0.15, 0.2) is 6.17 Å². The quantitative estimate of drug-likeness (QED) is 0.575. The van der Waals surface area contributed by atoms with Crippen LogP contribution in [-0.4, -0.2) is 88.0 Å². The molecule has 0 aromatic carbocycles. The highest BCUT2D eigenvalue weighted by atomic mass is 32.2. The number of hydrogen-bond donors (Lipinski definition) is 1. The summed E-state index contributed by atoms with van der Waals surface area (Å²) in [6.07, 6.45) is 1.09. The van der Waals surface area contributed by atoms with Crippen molar-refractivity contribution in [2.24, 2.45) is 0 Å². The van der Waals surface area contributed by atoms with Crippen LogP contribution in [0.4, 0.5) is 0 Å². The normalized spacial score (nSPS) is 25.5. The van der Waals surface area contributed by atoms with Crippen LogP contribution in [0.25, 0.3) is 0 Å². The molecule has 0 aliphatic carbocycles. The van der Waals surface area contributed by atoms with Crippen LogP contribution in [0, 0.1) is 0 Å². The van der Waals surface area contributed by atoms with Gasteiger partial charge in [0.25, 0.3) is 5.85 Å². The number of ether oxygens (including phenoxy) is 1. The van der Waals surface area contributed by atoms with Crippen LogP contribution in [0.1, 0.15) is 26.7 Å². The molecule has 2 fully saturated rings. The smallest absolute Gasteiger partial charge is 0.304 e. The number of likely N-dealkylation sites (N-methyl/N-ethyl adjacent to an activating group) is 4. The van der Waals surface area contributed by atoms with Crippen LogP contribution < -0.4 is 0 Å². The van der Waals surface area contributed by atoms with Gasteiger partial charge in [0.05, 0.1) is 13.0 Å². The van der Waals surface area contributed by atoms with E-state index in [0.29, 0.717) is 12.4 Å². The molecule has 0 unspecified atom stereocenters. The van der Waals surface area contributed by atoms with E-state index < -0.39 is 11.8 Å². The van der Waals surface area contributed by atoms with E-state index in [1.54, 1.807) is 11.8 Å². The Bertz CT molecular complexity index is 527. The third-order valence-corrected chi connectivity index (χ3v) is 6.19. The number of carbonyl (C=O) groups is 1. The van der Waals surface area contributed by atoms with Crippen molar-refractivity contribution in [3.8, 4) is 0 Å². The predicted molar refractivity (Wildman–Crippen MR) is 105 cm³/mol. The van der Waals surface area contributed by atoms with E-state index in [-0.39, 0.29) is 12.6 Å². The summed E-state index contributed by atoms with van der Waals surface area (Å²) in [6.45, 7) is 14.9. The van der Waals surface area contributed by atoms with E-state index in [4.69, 9.17) is 9.84 Å². The number of carboxylic acid groups (broad SMARTS) is 1. The third kappa shape index (κ3) is 3.36. The summed E-state index contributed by atoms with van der Waals surface area (Å²) in [5.41, 5.74) is 0. The maximum atomic E-state index is 10.6. The minimum Gasteiger partial charge on any atom is -0.481 e. The molecule has 26 heavy (non-hydrogen) atoms. The number of thioether (sulfide) groups is 1. The number of aliphatic carboxylic acids is 1. The van der Waals surface area contributed by atoms with Crippen LogP contribution in [-0.2, 0) is 9.53 Å². The maximum Gasteiger partial charge on any atom is 0.304 e. The van der Waals surface area contributed by atoms with Crippen LogP contribution in [0.15, 0.2) is 24.8 Å². The number of hydrogen-bond acceptors (Lipinski definition) is 7. The van der Waals surface area contributed by atoms with E-state index in [0.717, 1.165) is 36.9 Å². The van der Waals surface area contributed by atoms with Gasteiger partial charge >= 0.3 is 5.97 Å². The minimum absolute atomic E-state index is 0.00191. The SMILES string of the molecule is C=C1N(C)C2N(C)C(=C)N(CC)C2(OCCCSCCC(=O)O)N1CC. The molecule has 2 saturated heterocycles. The summed E-state index contributed by atoms with van der Waals surface area (Å²) in [6, 6.07) is 0. The Morgan fingerprint density at radius 3 is 2.15 bits per heavy atom. The van der Waals surface area contributed by atoms with E-state index in [1.165, 1.54) is 0 Å². The van der Waals surface area contributed by atoms with Crippen molar-refractivity contribution >= 4 is 17.7 Å². The minimum atomic E-state index is -0.743. The van der Waals surface area contributed by atoms with E-state index in [1.807, 2.05) is 14.1 Å². The first-order chi connectivity index (χ1) is 12.3. The molecule has 2 aliphatic rings. The Balaban J connectivity index is 2.08. The van der Waals surface area contributed by atoms with Crippen molar-refractivity contribution in [2.75, 3.05) is 45.3 Å². The van der Waals surface area contributed by atoms with Crippen LogP contribution in [0.3, 0.4) is 0 Å². The van der Waals surface area contributed by atoms with Gasteiger partial charge in [0, 0.05) is 32.9 Å². The highest BCUT2D eigenvalue weighted by Gasteiger charge is 2.64. The van der Waals surface area contributed by atoms with E-state index >= 15 is 0 Å². The first-order valence-electron chi connectivity index (χ1n) is 9.15. The molecule has 0 spiro atoms. The Labute approximate surface area is 161 Å². The summed E-state index contributed by atoms with van der Waals surface area (Å²) in [7, 11) is 4.09. The number of fused-ring (bicyclic) bond motifs is 1. The topological polar surface area (TPSA) is 59.5 Å². The molecule has 0 aromatic rings. The molecule has 0 amide bonds. The number of rotatable bonds is 10. The largest absolute Gasteiger partial charge is 0.481 e. The lowest BCUT2D eigenvalue weighted by molar-refractivity contribution is -0.211. The summed E-state index contributed by atoms with van der Waals surface area (Å²) in [5.74, 6) is 2.07. The van der Waals surface area contributed by atoms with Gasteiger partial charge in [0.2, 0.25) is 0 Å². The van der Waals surface area contributed by atoms with Gasteiger partial charge in [-0.05, 0) is 26.0 Å². The molecule has 2 aliphatic heterocycles. The Morgan fingerprint density at radius 2 is 1.69 bits per heavy atom. The fourth-order valence-corrected chi connectivity index (χ4v) is 4.76. The molecule has 0 saturated carbocycles. The van der Waals surface area contributed by atoms with Gasteiger partial charge in [-0.25, -0.2) is 0 Å². The summed E-state index contributed by atoms with van der Waals surface area (Å²) in [4.78, 5) is 19.3. The van der Waals surface area contributed by atoms with Crippen molar-refractivity contribution in [1.82, 2.24) is 19.6 Å². The Hall–Kier alpha value is -1.54. The van der Waals surface area contributed by atoms with Gasteiger partial charge in [-0.15, -0.1) is 0 Å². The first-order valence-corrected chi connectivity index (χ1v) is 10.3. The predicted octanol–water partition coefficient (Wildman–Crippen LogP) is 2.06. The van der Waals surface area contributed by atoms with Crippen LogP contribution in [0.5, 0.6) is 0 Å². The average molecular weight is 385 g/mol. The fourth-order valence-electron chi connectivity index (χ4n) is 3.92. The van der Waals surface area contributed by atoms with Crippen molar-refractivity contribution in [3.63, 3.8) is 0 Å². The lowest BCUT2D eigenvalue weighted by atomic mass is 10.2. The summed E-state index contributed by atoms with van der Waals surface area (Å²) in [5, 5.41) is 8.70. The molecular weight excluding hydrogens is 352 g/mol. The summed E-state index contributed by atoms with van der Waals surface area (Å²) < 4.78 is 6.55. The molecule has 0 bridgehead atoms. The zero-order chi connectivity index (χ0) is 19.5. The van der Waals surface area contributed by atoms with Crippen LogP contribution >= 0.6 is 11.8 Å². The van der Waals surface area contributed by atoms with Gasteiger partial charge in [-0.3, -0.25) is 4.79 Å². The van der Waals surface area contributed by atoms with E-state index in [9.17, 15) is 4.79 Å². The number of carboxylic acids is 1. The zero-order valence-corrected chi connectivity index (χ0v) is 17.2. The number of nitrogens with zero attached hydrogens (tertiary/aromatic N) is 4. The highest BCUT2D eigenvalue weighted by molar-refractivity contribution is 7.99. The molecule has 148 valence electrons. The third-order valence-electron chi connectivity index (χ3n) is 5.12. The second-order valence-electron chi connectivity index (χ2n) is 6.53. The molecule has 8 heteroatoms. The van der Waals surface area contributed by atoms with E-state index in [2.05, 4.69) is 46.6 Å². The van der Waals surface area contributed by atoms with Gasteiger partial charge in [-0.1, -0.05) is 13.2 Å². The van der Waals surface area contributed by atoms with Gasteiger partial charge in [0.1, 0.15) is 11.6 Å². The van der Waals surface area contributed by atoms with Crippen molar-refractivity contribution in [2.45, 2.75) is 38.7 Å². The molecule has 0 radical (unpaired) electrons. The monoisotopic (exact) mass is 384 g/mol. The fraction of sp³-hybridized carbons (Fsp3) is 0.722. The lowest BCUT2D eigenvalue weighted by Crippen LogP contribution is -2.61. The van der Waals surface area contributed by atoms with Crippen molar-refractivity contribution < 1.29 is 14.6 Å². The van der Waals surface area contributed by atoms with Crippen LogP contribution in [0.2, 0.25) is 0 Å². The Kier molecular flexibility index (Phi) is 6.74. The molecule has 7 nitrogen and oxygen atoms in total. The van der Waals surface area contributed by atoms with Gasteiger partial charge < -0.3 is 29.4 Å². The molecular formula is C18H32N4O3S.